The number of fused-ring (bicyclic) bond motifs is 1. The molecule has 2 unspecified atom stereocenters. The summed E-state index contributed by atoms with van der Waals surface area (Å²) in [6, 6.07) is 10.9. The molecular weight excluding hydrogens is 497 g/mol. The summed E-state index contributed by atoms with van der Waals surface area (Å²) >= 11 is 0. The fourth-order valence-electron chi connectivity index (χ4n) is 6.10. The summed E-state index contributed by atoms with van der Waals surface area (Å²) in [4.78, 5) is 14.7. The summed E-state index contributed by atoms with van der Waals surface area (Å²) in [5.41, 5.74) is 2.57. The molecule has 37 heavy (non-hydrogen) atoms. The van der Waals surface area contributed by atoms with Crippen LogP contribution in [-0.2, 0) is 22.4 Å². The van der Waals surface area contributed by atoms with Crippen LogP contribution in [0.25, 0.3) is 0 Å². The predicted octanol–water partition coefficient (Wildman–Crippen LogP) is 5.60. The molecule has 6 nitrogen and oxygen atoms in total. The minimum atomic E-state index is -0.943. The Morgan fingerprint density at radius 3 is 2.41 bits per heavy atom. The van der Waals surface area contributed by atoms with E-state index in [1.807, 2.05) is 24.3 Å². The Morgan fingerprint density at radius 2 is 1.81 bits per heavy atom. The molecule has 206 valence electrons. The molecule has 2 aromatic carbocycles. The molecule has 0 fully saturated rings. The third kappa shape index (κ3) is 6.75. The van der Waals surface area contributed by atoms with Crippen LogP contribution in [-0.4, -0.2) is 63.5 Å². The predicted molar refractivity (Wildman–Crippen MR) is 146 cm³/mol. The molecule has 1 N–H and O–H groups in total. The first-order valence-electron chi connectivity index (χ1n) is 12.6. The number of carbonyl (C=O) groups is 1. The number of hydrogen-bond donors (Lipinski definition) is 1. The van der Waals surface area contributed by atoms with Gasteiger partial charge in [-0.1, -0.05) is 26.0 Å². The highest BCUT2D eigenvalue weighted by Gasteiger charge is 2.52. The number of halogens is 2. The van der Waals surface area contributed by atoms with E-state index in [1.165, 1.54) is 13.2 Å². The molecule has 0 saturated carbocycles. The van der Waals surface area contributed by atoms with Crippen LogP contribution in [0.3, 0.4) is 0 Å². The highest BCUT2D eigenvalue weighted by atomic mass is 35.5. The van der Waals surface area contributed by atoms with Crippen LogP contribution >= 0.6 is 12.4 Å². The molecular formula is C29H41ClFNO5. The maximum atomic E-state index is 14.0. The number of hydrogen-bond acceptors (Lipinski definition) is 5. The second-order valence-electron chi connectivity index (χ2n) is 10.2. The molecule has 2 aromatic rings. The quantitative estimate of drug-likeness (QED) is 0.380. The number of benzene rings is 2. The molecule has 1 aliphatic rings. The summed E-state index contributed by atoms with van der Waals surface area (Å²) in [5.74, 6) is 0.332. The topological polar surface area (TPSA) is 68.2 Å². The van der Waals surface area contributed by atoms with E-state index >= 15 is 0 Å². The summed E-state index contributed by atoms with van der Waals surface area (Å²) in [6.45, 7) is 5.77. The molecule has 8 heteroatoms. The maximum absolute atomic E-state index is 14.0. The van der Waals surface area contributed by atoms with Crippen LogP contribution in [0.4, 0.5) is 4.39 Å². The Hall–Kier alpha value is -2.35. The molecule has 0 aromatic heterocycles. The minimum Gasteiger partial charge on any atom is -0.493 e. The summed E-state index contributed by atoms with van der Waals surface area (Å²) in [6.07, 6.45) is 1.83. The van der Waals surface area contributed by atoms with Crippen molar-refractivity contribution in [3.63, 3.8) is 0 Å². The van der Waals surface area contributed by atoms with Gasteiger partial charge < -0.3 is 24.2 Å². The first-order valence-corrected chi connectivity index (χ1v) is 12.6. The van der Waals surface area contributed by atoms with E-state index < -0.39 is 17.5 Å². The number of carboxylic acid groups (broad SMARTS) is 1. The fourth-order valence-corrected chi connectivity index (χ4v) is 6.10. The third-order valence-electron chi connectivity index (χ3n) is 7.76. The Labute approximate surface area is 226 Å². The number of carboxylic acids is 1. The number of methoxy groups -OCH3 is 3. The van der Waals surface area contributed by atoms with Gasteiger partial charge in [-0.25, -0.2) is 9.18 Å². The highest BCUT2D eigenvalue weighted by Crippen LogP contribution is 2.54. The van der Waals surface area contributed by atoms with Gasteiger partial charge in [0.05, 0.1) is 14.2 Å². The van der Waals surface area contributed by atoms with Gasteiger partial charge in [0.1, 0.15) is 5.82 Å². The van der Waals surface area contributed by atoms with Crippen LogP contribution in [0.1, 0.15) is 49.3 Å². The number of ether oxygens (including phenoxy) is 3. The lowest BCUT2D eigenvalue weighted by Gasteiger charge is -2.50. The van der Waals surface area contributed by atoms with Gasteiger partial charge in [-0.3, -0.25) is 0 Å². The van der Waals surface area contributed by atoms with Crippen molar-refractivity contribution in [1.82, 2.24) is 4.90 Å². The zero-order valence-electron chi connectivity index (χ0n) is 22.8. The van der Waals surface area contributed by atoms with Crippen LogP contribution in [0.15, 0.2) is 36.4 Å². The summed E-state index contributed by atoms with van der Waals surface area (Å²) in [5, 5.41) is 10.2. The fraction of sp³-hybridized carbons (Fsp3) is 0.552. The van der Waals surface area contributed by atoms with Crippen molar-refractivity contribution < 1.29 is 28.5 Å². The van der Waals surface area contributed by atoms with Crippen LogP contribution in [0.2, 0.25) is 0 Å². The molecule has 3 rings (SSSR count). The zero-order chi connectivity index (χ0) is 26.5. The Balaban J connectivity index is 0.00000481. The number of nitrogens with zero attached hydrogens (tertiary/aromatic N) is 1. The van der Waals surface area contributed by atoms with Crippen molar-refractivity contribution in [2.75, 3.05) is 41.5 Å². The Morgan fingerprint density at radius 1 is 1.11 bits per heavy atom. The Bertz CT molecular complexity index is 1050. The van der Waals surface area contributed by atoms with Crippen LogP contribution in [0.5, 0.6) is 11.5 Å². The Kier molecular flexibility index (Phi) is 11.2. The van der Waals surface area contributed by atoms with Gasteiger partial charge in [-0.15, -0.1) is 12.4 Å². The summed E-state index contributed by atoms with van der Waals surface area (Å²) < 4.78 is 30.4. The molecule has 0 spiro atoms. The molecule has 1 aliphatic carbocycles. The smallest absolute Gasteiger partial charge is 0.333 e. The second kappa shape index (κ2) is 13.4. The lowest BCUT2D eigenvalue weighted by Crippen LogP contribution is -2.51. The molecule has 0 radical (unpaired) electrons. The van der Waals surface area contributed by atoms with Crippen molar-refractivity contribution >= 4 is 18.4 Å². The monoisotopic (exact) mass is 537 g/mol. The van der Waals surface area contributed by atoms with E-state index in [2.05, 4.69) is 25.8 Å². The third-order valence-corrected chi connectivity index (χ3v) is 7.76. The van der Waals surface area contributed by atoms with Crippen molar-refractivity contribution in [2.24, 2.45) is 11.3 Å². The highest BCUT2D eigenvalue weighted by molar-refractivity contribution is 5.85. The van der Waals surface area contributed by atoms with Gasteiger partial charge in [-0.2, -0.15) is 0 Å². The molecule has 0 saturated heterocycles. The molecule has 0 aliphatic heterocycles. The van der Waals surface area contributed by atoms with E-state index in [4.69, 9.17) is 14.2 Å². The molecule has 3 atom stereocenters. The number of rotatable bonds is 12. The van der Waals surface area contributed by atoms with Gasteiger partial charge >= 0.3 is 5.97 Å². The van der Waals surface area contributed by atoms with Gasteiger partial charge in [0.15, 0.2) is 17.6 Å². The van der Waals surface area contributed by atoms with Gasteiger partial charge in [-0.05, 0) is 92.1 Å². The first-order chi connectivity index (χ1) is 17.2. The van der Waals surface area contributed by atoms with Gasteiger partial charge in [0.2, 0.25) is 0 Å². The zero-order valence-corrected chi connectivity index (χ0v) is 23.6. The number of likely N-dealkylation sites (N-methyl/N-ethyl adjacent to an activating group) is 1. The lowest BCUT2D eigenvalue weighted by atomic mass is 9.56. The summed E-state index contributed by atoms with van der Waals surface area (Å²) in [7, 11) is 6.80. The average molecular weight is 538 g/mol. The van der Waals surface area contributed by atoms with E-state index in [0.29, 0.717) is 30.8 Å². The normalized spacial score (nSPS) is 19.8. The van der Waals surface area contributed by atoms with E-state index in [9.17, 15) is 14.3 Å². The minimum absolute atomic E-state index is 0. The second-order valence-corrected chi connectivity index (χ2v) is 10.2. The largest absolute Gasteiger partial charge is 0.493 e. The van der Waals surface area contributed by atoms with Gasteiger partial charge in [0.25, 0.3) is 0 Å². The van der Waals surface area contributed by atoms with Crippen molar-refractivity contribution in [2.45, 2.75) is 51.6 Å². The van der Waals surface area contributed by atoms with Gasteiger partial charge in [0, 0.05) is 19.1 Å². The molecule has 0 heterocycles. The molecule has 0 bridgehead atoms. The maximum Gasteiger partial charge on any atom is 0.333 e. The standard InChI is InChI=1S/C29H40FNO5.ClH/c1-19(2)26-23-9-8-22(30)18-21(23)11-13-29(26,27(36-6)28(32)33)14-16-31(3)15-12-20-7-10-24(34-4)25(17-20)35-5;/h7-10,17-19,26-27H,11-16H2,1-6H3,(H,32,33);1H/t26?,27-,29?;/m1./s1. The lowest BCUT2D eigenvalue weighted by molar-refractivity contribution is -0.162. The van der Waals surface area contributed by atoms with Crippen molar-refractivity contribution in [3.8, 4) is 11.5 Å². The van der Waals surface area contributed by atoms with Crippen LogP contribution in [0, 0.1) is 17.2 Å². The number of aryl methyl sites for hydroxylation is 1. The van der Waals surface area contributed by atoms with E-state index in [0.717, 1.165) is 36.2 Å². The van der Waals surface area contributed by atoms with E-state index in [1.54, 1.807) is 20.3 Å². The van der Waals surface area contributed by atoms with Crippen LogP contribution < -0.4 is 9.47 Å². The number of aliphatic carboxylic acids is 1. The average Bonchev–Trinajstić information content (AvgIpc) is 2.85. The SMILES string of the molecule is COc1ccc(CCN(C)CCC2([C@H](OC)C(=O)O)CCc3cc(F)ccc3C2C(C)C)cc1OC.Cl. The van der Waals surface area contributed by atoms with Crippen molar-refractivity contribution in [3.05, 3.63) is 58.9 Å². The van der Waals surface area contributed by atoms with E-state index in [-0.39, 0.29) is 30.1 Å². The van der Waals surface area contributed by atoms with Crippen molar-refractivity contribution in [1.29, 1.82) is 0 Å². The molecule has 0 amide bonds. The first kappa shape index (κ1) is 30.9.